The summed E-state index contributed by atoms with van der Waals surface area (Å²) in [5, 5.41) is 11.0. The number of hydrogen-bond donors (Lipinski definition) is 1. The van der Waals surface area contributed by atoms with E-state index < -0.39 is 0 Å². The summed E-state index contributed by atoms with van der Waals surface area (Å²) in [4.78, 5) is 8.92. The molecule has 0 saturated carbocycles. The van der Waals surface area contributed by atoms with Crippen LogP contribution in [-0.2, 0) is 0 Å². The number of hydrogen-bond acceptors (Lipinski definition) is 4. The highest BCUT2D eigenvalue weighted by Crippen LogP contribution is 2.32. The van der Waals surface area contributed by atoms with Crippen molar-refractivity contribution in [1.82, 2.24) is 4.98 Å². The van der Waals surface area contributed by atoms with Gasteiger partial charge in [0.25, 0.3) is 0 Å². The Bertz CT molecular complexity index is 1190. The molecule has 0 aliphatic heterocycles. The summed E-state index contributed by atoms with van der Waals surface area (Å²) in [5.74, 6) is 0.573. The fraction of sp³-hybridized carbons (Fsp3) is 0. The number of phenols is 1. The van der Waals surface area contributed by atoms with Crippen LogP contribution >= 0.6 is 45.8 Å². The molecule has 0 bridgehead atoms. The predicted octanol–water partition coefficient (Wildman–Crippen LogP) is 6.86. The number of aromatic nitrogens is 1. The van der Waals surface area contributed by atoms with Crippen molar-refractivity contribution < 1.29 is 9.52 Å². The van der Waals surface area contributed by atoms with Gasteiger partial charge in [-0.25, -0.2) is 4.98 Å². The second kappa shape index (κ2) is 7.50. The van der Waals surface area contributed by atoms with Gasteiger partial charge in [0.2, 0.25) is 5.89 Å². The zero-order valence-corrected chi connectivity index (χ0v) is 17.3. The monoisotopic (exact) mass is 508 g/mol. The van der Waals surface area contributed by atoms with E-state index in [9.17, 15) is 5.11 Å². The lowest BCUT2D eigenvalue weighted by Crippen LogP contribution is -1.82. The Balaban J connectivity index is 1.70. The fourth-order valence-corrected chi connectivity index (χ4v) is 3.42. The maximum atomic E-state index is 9.87. The lowest BCUT2D eigenvalue weighted by molar-refractivity contribution is 0.474. The number of aromatic hydroxyl groups is 1. The Morgan fingerprint density at radius 1 is 1.04 bits per heavy atom. The van der Waals surface area contributed by atoms with Crippen LogP contribution in [0.3, 0.4) is 0 Å². The summed E-state index contributed by atoms with van der Waals surface area (Å²) >= 11 is 14.4. The summed E-state index contributed by atoms with van der Waals surface area (Å²) in [5.41, 5.74) is 3.27. The topological polar surface area (TPSA) is 58.6 Å². The van der Waals surface area contributed by atoms with Crippen LogP contribution < -0.4 is 0 Å². The SMILES string of the molecule is Oc1ccc(Cl)cc1C=Nc1ccc2oc(-c3cc(I)ccc3Cl)nc2c1. The molecule has 1 heterocycles. The number of benzene rings is 3. The van der Waals surface area contributed by atoms with Crippen LogP contribution in [0.1, 0.15) is 5.56 Å². The molecule has 0 amide bonds. The van der Waals surface area contributed by atoms with Crippen molar-refractivity contribution in [2.24, 2.45) is 4.99 Å². The number of rotatable bonds is 3. The van der Waals surface area contributed by atoms with Crippen molar-refractivity contribution in [3.05, 3.63) is 73.8 Å². The highest BCUT2D eigenvalue weighted by molar-refractivity contribution is 14.1. The van der Waals surface area contributed by atoms with E-state index in [-0.39, 0.29) is 5.75 Å². The van der Waals surface area contributed by atoms with E-state index in [1.54, 1.807) is 24.4 Å². The molecule has 0 spiro atoms. The molecule has 1 N–H and O–H groups in total. The van der Waals surface area contributed by atoms with Crippen LogP contribution in [0.25, 0.3) is 22.6 Å². The van der Waals surface area contributed by atoms with E-state index in [0.717, 1.165) is 9.13 Å². The molecule has 0 unspecified atom stereocenters. The van der Waals surface area contributed by atoms with Gasteiger partial charge in [-0.3, -0.25) is 4.99 Å². The van der Waals surface area contributed by atoms with Gasteiger partial charge in [0, 0.05) is 20.4 Å². The normalized spacial score (nSPS) is 11.5. The quantitative estimate of drug-likeness (QED) is 0.243. The Morgan fingerprint density at radius 2 is 1.89 bits per heavy atom. The van der Waals surface area contributed by atoms with E-state index in [2.05, 4.69) is 32.6 Å². The average Bonchev–Trinajstić information content (AvgIpc) is 3.07. The second-order valence-electron chi connectivity index (χ2n) is 5.76. The van der Waals surface area contributed by atoms with Gasteiger partial charge >= 0.3 is 0 Å². The first-order chi connectivity index (χ1) is 13.0. The summed E-state index contributed by atoms with van der Waals surface area (Å²) in [6.07, 6.45) is 1.56. The van der Waals surface area contributed by atoms with E-state index in [0.29, 0.717) is 38.3 Å². The number of nitrogens with zero attached hydrogens (tertiary/aromatic N) is 2. The Hall–Kier alpha value is -2.09. The highest BCUT2D eigenvalue weighted by Gasteiger charge is 2.12. The largest absolute Gasteiger partial charge is 0.507 e. The van der Waals surface area contributed by atoms with E-state index in [4.69, 9.17) is 27.6 Å². The van der Waals surface area contributed by atoms with E-state index in [1.165, 1.54) is 6.07 Å². The van der Waals surface area contributed by atoms with Crippen molar-refractivity contribution in [2.75, 3.05) is 0 Å². The number of oxazole rings is 1. The predicted molar refractivity (Wildman–Crippen MR) is 118 cm³/mol. The van der Waals surface area contributed by atoms with Crippen molar-refractivity contribution in [2.45, 2.75) is 0 Å². The molecule has 3 aromatic carbocycles. The second-order valence-corrected chi connectivity index (χ2v) is 7.85. The molecular weight excluding hydrogens is 498 g/mol. The van der Waals surface area contributed by atoms with Crippen LogP contribution in [0, 0.1) is 3.57 Å². The molecule has 7 heteroatoms. The third-order valence-electron chi connectivity index (χ3n) is 3.87. The zero-order valence-electron chi connectivity index (χ0n) is 13.7. The minimum absolute atomic E-state index is 0.112. The Kier molecular flexibility index (Phi) is 5.08. The van der Waals surface area contributed by atoms with Gasteiger partial charge in [-0.2, -0.15) is 0 Å². The minimum atomic E-state index is 0.112. The fourth-order valence-electron chi connectivity index (χ4n) is 2.55. The van der Waals surface area contributed by atoms with Gasteiger partial charge in [-0.15, -0.1) is 0 Å². The zero-order chi connectivity index (χ0) is 19.0. The molecule has 0 radical (unpaired) electrons. The van der Waals surface area contributed by atoms with Crippen LogP contribution in [-0.4, -0.2) is 16.3 Å². The van der Waals surface area contributed by atoms with E-state index >= 15 is 0 Å². The maximum absolute atomic E-state index is 9.87. The van der Waals surface area contributed by atoms with Gasteiger partial charge < -0.3 is 9.52 Å². The third-order valence-corrected chi connectivity index (χ3v) is 5.11. The standard InChI is InChI=1S/C20H11Cl2IN2O2/c21-12-1-5-18(26)11(7-12)10-24-14-3-6-19-17(9-14)25-20(27-19)15-8-13(23)2-4-16(15)22/h1-10,26H. The summed E-state index contributed by atoms with van der Waals surface area (Å²) in [7, 11) is 0. The first-order valence-electron chi connectivity index (χ1n) is 7.88. The van der Waals surface area contributed by atoms with Crippen molar-refractivity contribution in [3.63, 3.8) is 0 Å². The lowest BCUT2D eigenvalue weighted by atomic mass is 10.2. The number of fused-ring (bicyclic) bond motifs is 1. The van der Waals surface area contributed by atoms with Crippen LogP contribution in [0.15, 0.2) is 64.0 Å². The number of halogens is 3. The number of phenolic OH excluding ortho intramolecular Hbond substituents is 1. The van der Waals surface area contributed by atoms with Gasteiger partial charge in [-0.05, 0) is 77.2 Å². The lowest BCUT2D eigenvalue weighted by Gasteiger charge is -1.99. The van der Waals surface area contributed by atoms with Crippen LogP contribution in [0.4, 0.5) is 5.69 Å². The smallest absolute Gasteiger partial charge is 0.228 e. The van der Waals surface area contributed by atoms with Crippen molar-refractivity contribution in [1.29, 1.82) is 0 Å². The Labute approximate surface area is 178 Å². The molecule has 134 valence electrons. The highest BCUT2D eigenvalue weighted by atomic mass is 127. The molecule has 4 aromatic rings. The molecule has 0 fully saturated rings. The first kappa shape index (κ1) is 18.3. The van der Waals surface area contributed by atoms with Gasteiger partial charge in [-0.1, -0.05) is 23.2 Å². The molecule has 4 rings (SSSR count). The maximum Gasteiger partial charge on any atom is 0.228 e. The minimum Gasteiger partial charge on any atom is -0.507 e. The van der Waals surface area contributed by atoms with Crippen LogP contribution in [0.2, 0.25) is 10.0 Å². The molecule has 0 atom stereocenters. The van der Waals surface area contributed by atoms with Gasteiger partial charge in [0.1, 0.15) is 11.3 Å². The summed E-state index contributed by atoms with van der Waals surface area (Å²) < 4.78 is 6.88. The van der Waals surface area contributed by atoms with Crippen molar-refractivity contribution >= 4 is 68.8 Å². The number of aliphatic imine (C=N–C) groups is 1. The van der Waals surface area contributed by atoms with E-state index in [1.807, 2.05) is 30.3 Å². The Morgan fingerprint density at radius 3 is 2.74 bits per heavy atom. The third kappa shape index (κ3) is 3.95. The molecule has 0 aliphatic carbocycles. The summed E-state index contributed by atoms with van der Waals surface area (Å²) in [6.45, 7) is 0. The van der Waals surface area contributed by atoms with Crippen LogP contribution in [0.5, 0.6) is 5.75 Å². The molecule has 1 aromatic heterocycles. The summed E-state index contributed by atoms with van der Waals surface area (Å²) in [6, 6.07) is 15.9. The molecule has 27 heavy (non-hydrogen) atoms. The molecule has 0 saturated heterocycles. The first-order valence-corrected chi connectivity index (χ1v) is 9.72. The van der Waals surface area contributed by atoms with Gasteiger partial charge in [0.15, 0.2) is 5.58 Å². The molecular formula is C20H11Cl2IN2O2. The van der Waals surface area contributed by atoms with Crippen molar-refractivity contribution in [3.8, 4) is 17.2 Å². The average molecular weight is 509 g/mol. The molecule has 4 nitrogen and oxygen atoms in total. The van der Waals surface area contributed by atoms with Gasteiger partial charge in [0.05, 0.1) is 16.3 Å². The molecule has 0 aliphatic rings.